The summed E-state index contributed by atoms with van der Waals surface area (Å²) in [5.41, 5.74) is 0. The summed E-state index contributed by atoms with van der Waals surface area (Å²) < 4.78 is 0. The molecule has 0 aromatic rings. The highest BCUT2D eigenvalue weighted by Gasteiger charge is 1.94. The second-order valence-electron chi connectivity index (χ2n) is 1.77. The number of nitriles is 1. The number of hydrogen-bond acceptors (Lipinski definition) is 3. The predicted molar refractivity (Wildman–Crippen MR) is 35.6 cm³/mol. The molecule has 0 bridgehead atoms. The molecule has 0 spiro atoms. The molecule has 0 fully saturated rings. The lowest BCUT2D eigenvalue weighted by Gasteiger charge is -1.82. The van der Waals surface area contributed by atoms with Gasteiger partial charge in [-0.05, 0) is 12.8 Å². The molecule has 0 unspecified atom stereocenters. The first-order valence-corrected chi connectivity index (χ1v) is 2.90. The van der Waals surface area contributed by atoms with Gasteiger partial charge < -0.3 is 0 Å². The lowest BCUT2D eigenvalue weighted by molar-refractivity contribution is 0.896. The second kappa shape index (κ2) is 2.98. The molecule has 0 radical (unpaired) electrons. The summed E-state index contributed by atoms with van der Waals surface area (Å²) in [6, 6.07) is 1.90. The van der Waals surface area contributed by atoms with E-state index >= 15 is 0 Å². The van der Waals surface area contributed by atoms with Crippen LogP contribution in [0.3, 0.4) is 0 Å². The molecule has 0 N–H and O–H groups in total. The van der Waals surface area contributed by atoms with Crippen LogP contribution in [0.4, 0.5) is 0 Å². The van der Waals surface area contributed by atoms with E-state index in [9.17, 15) is 0 Å². The van der Waals surface area contributed by atoms with Crippen molar-refractivity contribution in [1.29, 1.82) is 5.26 Å². The van der Waals surface area contributed by atoms with Gasteiger partial charge in [-0.25, -0.2) is 4.99 Å². The van der Waals surface area contributed by atoms with Gasteiger partial charge in [0, 0.05) is 12.8 Å². The molecular weight excluding hydrogens is 114 g/mol. The highest BCUT2D eigenvalue weighted by atomic mass is 14.9. The maximum Gasteiger partial charge on any atom is 0.227 e. The largest absolute Gasteiger partial charge is 0.257 e. The Bertz CT molecular complexity index is 185. The summed E-state index contributed by atoms with van der Waals surface area (Å²) in [5, 5.41) is 8.32. The Kier molecular flexibility index (Phi) is 1.97. The van der Waals surface area contributed by atoms with Crippen molar-refractivity contribution < 1.29 is 0 Å². The van der Waals surface area contributed by atoms with Crippen molar-refractivity contribution in [1.82, 2.24) is 0 Å². The summed E-state index contributed by atoms with van der Waals surface area (Å²) in [5.74, 6) is 0.313. The van der Waals surface area contributed by atoms with E-state index in [1.807, 2.05) is 6.07 Å². The zero-order valence-corrected chi connectivity index (χ0v) is 5.04. The van der Waals surface area contributed by atoms with Crippen molar-refractivity contribution in [2.24, 2.45) is 9.98 Å². The van der Waals surface area contributed by atoms with Crippen LogP contribution in [0.2, 0.25) is 0 Å². The summed E-state index contributed by atoms with van der Waals surface area (Å²) in [6.45, 7) is 0.739. The van der Waals surface area contributed by atoms with Crippen molar-refractivity contribution in [3.05, 3.63) is 0 Å². The van der Waals surface area contributed by atoms with Crippen molar-refractivity contribution in [3.63, 3.8) is 0 Å². The summed E-state index contributed by atoms with van der Waals surface area (Å²) >= 11 is 0. The quantitative estimate of drug-likeness (QED) is 0.467. The smallest absolute Gasteiger partial charge is 0.227 e. The maximum atomic E-state index is 8.32. The number of hydrogen-bond donors (Lipinski definition) is 0. The van der Waals surface area contributed by atoms with E-state index in [0.29, 0.717) is 5.84 Å². The fraction of sp³-hybridized carbons (Fsp3) is 0.500. The van der Waals surface area contributed by atoms with Crippen LogP contribution in [0.1, 0.15) is 12.8 Å². The maximum absolute atomic E-state index is 8.32. The minimum Gasteiger partial charge on any atom is -0.257 e. The van der Waals surface area contributed by atoms with Gasteiger partial charge in [-0.1, -0.05) is 0 Å². The third kappa shape index (κ3) is 1.65. The van der Waals surface area contributed by atoms with Gasteiger partial charge in [-0.2, -0.15) is 5.26 Å². The second-order valence-corrected chi connectivity index (χ2v) is 1.77. The van der Waals surface area contributed by atoms with Crippen molar-refractivity contribution in [2.45, 2.75) is 12.8 Å². The highest BCUT2D eigenvalue weighted by Crippen LogP contribution is 1.93. The third-order valence-corrected chi connectivity index (χ3v) is 1.07. The molecule has 1 heterocycles. The number of rotatable bonds is 0. The zero-order chi connectivity index (χ0) is 6.53. The molecule has 46 valence electrons. The van der Waals surface area contributed by atoms with Gasteiger partial charge in [0.25, 0.3) is 0 Å². The van der Waals surface area contributed by atoms with E-state index in [0.717, 1.165) is 19.4 Å². The average molecular weight is 121 g/mol. The molecule has 0 aromatic carbocycles. The summed E-state index contributed by atoms with van der Waals surface area (Å²) in [4.78, 5) is 7.70. The molecule has 9 heavy (non-hydrogen) atoms. The number of amidine groups is 1. The molecule has 1 aliphatic heterocycles. The first kappa shape index (κ1) is 5.96. The Morgan fingerprint density at radius 2 is 2.56 bits per heavy atom. The van der Waals surface area contributed by atoms with E-state index in [-0.39, 0.29) is 0 Å². The van der Waals surface area contributed by atoms with Crippen LogP contribution < -0.4 is 0 Å². The lowest BCUT2D eigenvalue weighted by atomic mass is 10.3. The van der Waals surface area contributed by atoms with Gasteiger partial charge >= 0.3 is 0 Å². The van der Waals surface area contributed by atoms with Crippen molar-refractivity contribution in [2.75, 3.05) is 6.54 Å². The number of nitrogens with zero attached hydrogens (tertiary/aromatic N) is 3. The van der Waals surface area contributed by atoms with Gasteiger partial charge in [-0.3, -0.25) is 4.99 Å². The molecule has 1 rings (SSSR count). The molecule has 1 aliphatic rings. The van der Waals surface area contributed by atoms with Crippen molar-refractivity contribution in [3.8, 4) is 6.07 Å². The molecule has 3 heteroatoms. The Hall–Kier alpha value is -1.17. The normalized spacial score (nSPS) is 17.9. The first-order chi connectivity index (χ1) is 4.43. The van der Waals surface area contributed by atoms with E-state index in [4.69, 9.17) is 5.26 Å². The van der Waals surface area contributed by atoms with Gasteiger partial charge in [0.05, 0.1) is 0 Å². The van der Waals surface area contributed by atoms with E-state index in [1.165, 1.54) is 0 Å². The van der Waals surface area contributed by atoms with E-state index in [1.54, 1.807) is 6.21 Å². The Balaban J connectivity index is 2.67. The van der Waals surface area contributed by atoms with Crippen molar-refractivity contribution >= 4 is 12.1 Å². The van der Waals surface area contributed by atoms with Crippen LogP contribution in [0.25, 0.3) is 0 Å². The zero-order valence-electron chi connectivity index (χ0n) is 5.04. The van der Waals surface area contributed by atoms with Crippen LogP contribution in [0.15, 0.2) is 9.98 Å². The van der Waals surface area contributed by atoms with Crippen LogP contribution >= 0.6 is 0 Å². The Labute approximate surface area is 53.7 Å². The standard InChI is InChI=1S/C6H7N3/c7-5-6-8-3-1-2-4-9-6/h3H,1-2,4H2. The average Bonchev–Trinajstić information content (AvgIpc) is 2.13. The summed E-state index contributed by atoms with van der Waals surface area (Å²) in [6.07, 6.45) is 3.69. The monoisotopic (exact) mass is 121 g/mol. The van der Waals surface area contributed by atoms with Gasteiger partial charge in [0.15, 0.2) is 0 Å². The van der Waals surface area contributed by atoms with Crippen LogP contribution in [0, 0.1) is 11.3 Å². The number of aliphatic imine (C=N–C) groups is 2. The van der Waals surface area contributed by atoms with Gasteiger partial charge in [0.2, 0.25) is 5.84 Å². The van der Waals surface area contributed by atoms with E-state index < -0.39 is 0 Å². The Morgan fingerprint density at radius 1 is 1.67 bits per heavy atom. The molecule has 0 amide bonds. The van der Waals surface area contributed by atoms with Crippen LogP contribution in [-0.4, -0.2) is 18.6 Å². The minimum atomic E-state index is 0.313. The topological polar surface area (TPSA) is 48.5 Å². The lowest BCUT2D eigenvalue weighted by Crippen LogP contribution is -1.87. The molecule has 3 nitrogen and oxygen atoms in total. The predicted octanol–water partition coefficient (Wildman–Crippen LogP) is 0.773. The fourth-order valence-electron chi connectivity index (χ4n) is 0.624. The molecular formula is C6H7N3. The van der Waals surface area contributed by atoms with Gasteiger partial charge in [0.1, 0.15) is 6.07 Å². The van der Waals surface area contributed by atoms with Crippen LogP contribution in [-0.2, 0) is 0 Å². The molecule has 0 saturated heterocycles. The van der Waals surface area contributed by atoms with E-state index in [2.05, 4.69) is 9.98 Å². The molecule has 0 saturated carbocycles. The fourth-order valence-corrected chi connectivity index (χ4v) is 0.624. The molecule has 0 atom stereocenters. The summed E-state index contributed by atoms with van der Waals surface area (Å²) in [7, 11) is 0. The first-order valence-electron chi connectivity index (χ1n) is 2.90. The van der Waals surface area contributed by atoms with Crippen LogP contribution in [0.5, 0.6) is 0 Å². The minimum absolute atomic E-state index is 0.313. The SMILES string of the molecule is N#CC1=NCCCC=N1. The highest BCUT2D eigenvalue weighted by molar-refractivity contribution is 6.01. The third-order valence-electron chi connectivity index (χ3n) is 1.07. The molecule has 0 aliphatic carbocycles. The van der Waals surface area contributed by atoms with Gasteiger partial charge in [-0.15, -0.1) is 0 Å². The Morgan fingerprint density at radius 3 is 3.33 bits per heavy atom. The molecule has 0 aromatic heterocycles.